The first kappa shape index (κ1) is 13.9. The lowest BCUT2D eigenvalue weighted by molar-refractivity contribution is -0.159. The van der Waals surface area contributed by atoms with Crippen LogP contribution in [0.4, 0.5) is 5.82 Å². The van der Waals surface area contributed by atoms with Gasteiger partial charge in [-0.1, -0.05) is 0 Å². The van der Waals surface area contributed by atoms with Gasteiger partial charge in [0.1, 0.15) is 5.82 Å². The highest BCUT2D eigenvalue weighted by Gasteiger charge is 2.41. The summed E-state index contributed by atoms with van der Waals surface area (Å²) in [5, 5.41) is 14.7. The van der Waals surface area contributed by atoms with Crippen molar-refractivity contribution in [3.8, 4) is 0 Å². The Hall–Kier alpha value is -1.11. The highest BCUT2D eigenvalue weighted by Crippen LogP contribution is 2.42. The number of rotatable bonds is 2. The van der Waals surface area contributed by atoms with Crippen molar-refractivity contribution in [2.75, 3.05) is 25.6 Å². The highest BCUT2D eigenvalue weighted by atomic mass is 16.5. The van der Waals surface area contributed by atoms with Gasteiger partial charge in [0.15, 0.2) is 0 Å². The van der Waals surface area contributed by atoms with E-state index in [4.69, 9.17) is 15.2 Å². The van der Waals surface area contributed by atoms with Crippen LogP contribution < -0.4 is 5.73 Å². The number of aliphatic hydroxyl groups is 1. The first-order valence-corrected chi connectivity index (χ1v) is 7.28. The lowest BCUT2D eigenvalue weighted by Gasteiger charge is -2.44. The van der Waals surface area contributed by atoms with Gasteiger partial charge in [0.2, 0.25) is 0 Å². The molecule has 0 amide bonds. The maximum absolute atomic E-state index is 10.6. The molecule has 1 aromatic heterocycles. The van der Waals surface area contributed by atoms with E-state index in [1.165, 1.54) is 0 Å². The van der Waals surface area contributed by atoms with Crippen LogP contribution in [-0.4, -0.2) is 40.3 Å². The molecule has 6 heteroatoms. The number of aromatic nitrogens is 2. The summed E-state index contributed by atoms with van der Waals surface area (Å²) in [5.41, 5.74) is 6.59. The van der Waals surface area contributed by atoms with Gasteiger partial charge >= 0.3 is 0 Å². The van der Waals surface area contributed by atoms with Crippen LogP contribution in [0.25, 0.3) is 0 Å². The predicted molar refractivity (Wildman–Crippen MR) is 74.0 cm³/mol. The number of nitrogens with zero attached hydrogens (tertiary/aromatic N) is 2. The van der Waals surface area contributed by atoms with Gasteiger partial charge in [0, 0.05) is 32.4 Å². The van der Waals surface area contributed by atoms with Crippen LogP contribution in [-0.2, 0) is 16.5 Å². The second-order valence-electron chi connectivity index (χ2n) is 5.95. The fraction of sp³-hybridized carbons (Fsp3) is 0.786. The minimum atomic E-state index is -0.563. The lowest BCUT2D eigenvalue weighted by Crippen LogP contribution is -2.45. The fourth-order valence-electron chi connectivity index (χ4n) is 3.37. The number of hydrogen-bond acceptors (Lipinski definition) is 5. The third-order valence-corrected chi connectivity index (χ3v) is 4.71. The van der Waals surface area contributed by atoms with Gasteiger partial charge in [-0.2, -0.15) is 5.10 Å². The van der Waals surface area contributed by atoms with Gasteiger partial charge in [-0.15, -0.1) is 0 Å². The smallest absolute Gasteiger partial charge is 0.127 e. The molecule has 112 valence electrons. The van der Waals surface area contributed by atoms with E-state index < -0.39 is 6.10 Å². The molecule has 2 saturated heterocycles. The molecule has 20 heavy (non-hydrogen) atoms. The number of aliphatic hydroxyl groups excluding tert-OH is 1. The standard InChI is InChI=1S/C14H23N3O3/c1-17-13(15)11(9-16-17)12(18)10-2-5-20-14(8-10)3-6-19-7-4-14/h9-10,12,18H,2-8,15H2,1H3. The van der Waals surface area contributed by atoms with Crippen LogP contribution >= 0.6 is 0 Å². The summed E-state index contributed by atoms with van der Waals surface area (Å²) in [6, 6.07) is 0. The third-order valence-electron chi connectivity index (χ3n) is 4.71. The summed E-state index contributed by atoms with van der Waals surface area (Å²) < 4.78 is 13.0. The summed E-state index contributed by atoms with van der Waals surface area (Å²) in [6.45, 7) is 2.19. The maximum atomic E-state index is 10.6. The quantitative estimate of drug-likeness (QED) is 0.845. The summed E-state index contributed by atoms with van der Waals surface area (Å²) in [4.78, 5) is 0. The number of aryl methyl sites for hydroxylation is 1. The first-order valence-electron chi connectivity index (χ1n) is 7.28. The van der Waals surface area contributed by atoms with E-state index in [0.29, 0.717) is 12.4 Å². The van der Waals surface area contributed by atoms with Crippen molar-refractivity contribution < 1.29 is 14.6 Å². The van der Waals surface area contributed by atoms with Gasteiger partial charge < -0.3 is 20.3 Å². The molecule has 0 aliphatic carbocycles. The average Bonchev–Trinajstić information content (AvgIpc) is 2.79. The Morgan fingerprint density at radius 1 is 1.45 bits per heavy atom. The van der Waals surface area contributed by atoms with Crippen molar-refractivity contribution in [1.82, 2.24) is 9.78 Å². The average molecular weight is 281 g/mol. The second kappa shape index (κ2) is 5.35. The predicted octanol–water partition coefficient (Wildman–Crippen LogP) is 1.01. The van der Waals surface area contributed by atoms with Gasteiger partial charge in [-0.05, 0) is 31.6 Å². The molecule has 2 unspecified atom stereocenters. The zero-order valence-corrected chi connectivity index (χ0v) is 11.9. The molecular weight excluding hydrogens is 258 g/mol. The summed E-state index contributed by atoms with van der Waals surface area (Å²) in [7, 11) is 1.79. The molecule has 0 saturated carbocycles. The van der Waals surface area contributed by atoms with Crippen LogP contribution in [0, 0.1) is 5.92 Å². The minimum absolute atomic E-state index is 0.112. The summed E-state index contributed by atoms with van der Waals surface area (Å²) in [6.07, 6.45) is 4.67. The molecule has 2 aliphatic heterocycles. The Labute approximate surface area is 118 Å². The normalized spacial score (nSPS) is 27.6. The van der Waals surface area contributed by atoms with E-state index in [1.807, 2.05) is 0 Å². The molecular formula is C14H23N3O3. The third kappa shape index (κ3) is 2.43. The van der Waals surface area contributed by atoms with E-state index >= 15 is 0 Å². The van der Waals surface area contributed by atoms with E-state index in [1.54, 1.807) is 17.9 Å². The maximum Gasteiger partial charge on any atom is 0.127 e. The van der Waals surface area contributed by atoms with E-state index in [2.05, 4.69) is 5.10 Å². The van der Waals surface area contributed by atoms with Crippen molar-refractivity contribution >= 4 is 5.82 Å². The van der Waals surface area contributed by atoms with Crippen molar-refractivity contribution in [1.29, 1.82) is 0 Å². The molecule has 3 rings (SSSR count). The Morgan fingerprint density at radius 2 is 2.20 bits per heavy atom. The lowest BCUT2D eigenvalue weighted by atomic mass is 9.77. The SMILES string of the molecule is Cn1ncc(C(O)C2CCOC3(CCOCC3)C2)c1N. The van der Waals surface area contributed by atoms with Gasteiger partial charge in [0.05, 0.1) is 17.9 Å². The van der Waals surface area contributed by atoms with E-state index in [-0.39, 0.29) is 11.5 Å². The topological polar surface area (TPSA) is 82.5 Å². The number of nitrogen functional groups attached to an aromatic ring is 1. The van der Waals surface area contributed by atoms with Crippen LogP contribution in [0.5, 0.6) is 0 Å². The number of ether oxygens (including phenoxy) is 2. The summed E-state index contributed by atoms with van der Waals surface area (Å²) in [5.74, 6) is 0.721. The van der Waals surface area contributed by atoms with Gasteiger partial charge in [0.25, 0.3) is 0 Å². The Balaban J connectivity index is 1.74. The fourth-order valence-corrected chi connectivity index (χ4v) is 3.37. The molecule has 2 atom stereocenters. The molecule has 0 aromatic carbocycles. The largest absolute Gasteiger partial charge is 0.388 e. The van der Waals surface area contributed by atoms with Crippen LogP contribution in [0.1, 0.15) is 37.4 Å². The monoisotopic (exact) mass is 281 g/mol. The van der Waals surface area contributed by atoms with Crippen molar-refractivity contribution in [2.24, 2.45) is 13.0 Å². The summed E-state index contributed by atoms with van der Waals surface area (Å²) >= 11 is 0. The molecule has 0 bridgehead atoms. The molecule has 0 radical (unpaired) electrons. The molecule has 1 spiro atoms. The van der Waals surface area contributed by atoms with Crippen molar-refractivity contribution in [2.45, 2.75) is 37.4 Å². The van der Waals surface area contributed by atoms with Crippen molar-refractivity contribution in [3.05, 3.63) is 11.8 Å². The highest BCUT2D eigenvalue weighted by molar-refractivity contribution is 5.40. The number of anilines is 1. The molecule has 3 heterocycles. The van der Waals surface area contributed by atoms with E-state index in [9.17, 15) is 5.11 Å². The van der Waals surface area contributed by atoms with Gasteiger partial charge in [-0.25, -0.2) is 0 Å². The van der Waals surface area contributed by atoms with Crippen molar-refractivity contribution in [3.63, 3.8) is 0 Å². The zero-order chi connectivity index (χ0) is 14.2. The molecule has 2 aliphatic rings. The molecule has 6 nitrogen and oxygen atoms in total. The van der Waals surface area contributed by atoms with Crippen LogP contribution in [0.15, 0.2) is 6.20 Å². The van der Waals surface area contributed by atoms with Gasteiger partial charge in [-0.3, -0.25) is 4.68 Å². The van der Waals surface area contributed by atoms with E-state index in [0.717, 1.165) is 44.5 Å². The molecule has 2 fully saturated rings. The van der Waals surface area contributed by atoms with Crippen LogP contribution in [0.2, 0.25) is 0 Å². The molecule has 3 N–H and O–H groups in total. The Morgan fingerprint density at radius 3 is 2.85 bits per heavy atom. The second-order valence-corrected chi connectivity index (χ2v) is 5.95. The number of nitrogens with two attached hydrogens (primary N) is 1. The Bertz CT molecular complexity index is 463. The number of hydrogen-bond donors (Lipinski definition) is 2. The zero-order valence-electron chi connectivity index (χ0n) is 11.9. The first-order chi connectivity index (χ1) is 9.61. The minimum Gasteiger partial charge on any atom is -0.388 e. The molecule has 1 aromatic rings. The Kier molecular flexibility index (Phi) is 3.70. The van der Waals surface area contributed by atoms with Crippen LogP contribution in [0.3, 0.4) is 0 Å².